The molecule has 4 nitrogen and oxygen atoms in total. The van der Waals surface area contributed by atoms with Crippen LogP contribution in [0.25, 0.3) is 0 Å². The van der Waals surface area contributed by atoms with E-state index >= 15 is 0 Å². The molecule has 2 heterocycles. The number of methoxy groups -OCH3 is 1. The van der Waals surface area contributed by atoms with Crippen LogP contribution in [0.5, 0.6) is 5.75 Å². The molecule has 1 aliphatic rings. The highest BCUT2D eigenvalue weighted by Gasteiger charge is 2.32. The fraction of sp³-hybridized carbons (Fsp3) is 0.238. The highest BCUT2D eigenvalue weighted by molar-refractivity contribution is 7.13. The Morgan fingerprint density at radius 1 is 1.12 bits per heavy atom. The molecule has 0 bridgehead atoms. The summed E-state index contributed by atoms with van der Waals surface area (Å²) in [4.78, 5) is 4.67. The molecule has 1 atom stereocenters. The van der Waals surface area contributed by atoms with Crippen molar-refractivity contribution in [2.24, 2.45) is 5.10 Å². The minimum atomic E-state index is 0.139. The second-order valence-corrected chi connectivity index (χ2v) is 7.33. The quantitative estimate of drug-likeness (QED) is 0.645. The summed E-state index contributed by atoms with van der Waals surface area (Å²) in [5.41, 5.74) is 5.61. The second-order valence-electron chi connectivity index (χ2n) is 6.50. The molecule has 0 saturated carbocycles. The Balaban J connectivity index is 1.78. The fourth-order valence-electron chi connectivity index (χ4n) is 3.32. The number of thiazole rings is 1. The number of aromatic nitrogens is 1. The first-order chi connectivity index (χ1) is 12.7. The van der Waals surface area contributed by atoms with Crippen molar-refractivity contribution in [1.29, 1.82) is 0 Å². The Labute approximate surface area is 157 Å². The number of benzene rings is 2. The van der Waals surface area contributed by atoms with Crippen LogP contribution in [0, 0.1) is 13.8 Å². The number of ether oxygens (including phenoxy) is 1. The van der Waals surface area contributed by atoms with Crippen LogP contribution in [-0.2, 0) is 0 Å². The van der Waals surface area contributed by atoms with Crippen LogP contribution in [0.15, 0.2) is 59.0 Å². The van der Waals surface area contributed by atoms with Gasteiger partial charge in [-0.3, -0.25) is 0 Å². The molecular formula is C21H21N3OS. The van der Waals surface area contributed by atoms with Gasteiger partial charge in [0.05, 0.1) is 24.6 Å². The summed E-state index contributed by atoms with van der Waals surface area (Å²) in [6, 6.07) is 16.8. The highest BCUT2D eigenvalue weighted by Crippen LogP contribution is 2.39. The highest BCUT2D eigenvalue weighted by atomic mass is 32.1. The van der Waals surface area contributed by atoms with E-state index in [1.807, 2.05) is 25.1 Å². The van der Waals surface area contributed by atoms with E-state index in [0.717, 1.165) is 34.3 Å². The van der Waals surface area contributed by atoms with Crippen molar-refractivity contribution in [3.05, 3.63) is 76.3 Å². The van der Waals surface area contributed by atoms with E-state index in [1.54, 1.807) is 18.4 Å². The zero-order chi connectivity index (χ0) is 18.1. The molecule has 1 unspecified atom stereocenters. The van der Waals surface area contributed by atoms with E-state index < -0.39 is 0 Å². The first-order valence-corrected chi connectivity index (χ1v) is 9.52. The standard InChI is InChI=1S/C21H21N3OS/c1-14-7-6-8-16(11-14)19-12-18(17-9-4-5-10-20(17)25-3)23-24(19)21-22-15(2)13-26-21/h4-11,13,19H,12H2,1-3H3. The Morgan fingerprint density at radius 3 is 2.69 bits per heavy atom. The van der Waals surface area contributed by atoms with Gasteiger partial charge in [-0.2, -0.15) is 5.10 Å². The van der Waals surface area contributed by atoms with E-state index in [2.05, 4.69) is 52.6 Å². The van der Waals surface area contributed by atoms with Crippen molar-refractivity contribution < 1.29 is 4.74 Å². The molecule has 26 heavy (non-hydrogen) atoms. The normalized spacial score (nSPS) is 16.7. The van der Waals surface area contributed by atoms with E-state index in [-0.39, 0.29) is 6.04 Å². The Bertz CT molecular complexity index is 963. The van der Waals surface area contributed by atoms with Crippen molar-refractivity contribution >= 4 is 22.2 Å². The van der Waals surface area contributed by atoms with E-state index in [0.29, 0.717) is 0 Å². The fourth-order valence-corrected chi connectivity index (χ4v) is 4.12. The van der Waals surface area contributed by atoms with Gasteiger partial charge in [0.1, 0.15) is 5.75 Å². The van der Waals surface area contributed by atoms with Gasteiger partial charge in [-0.05, 0) is 31.5 Å². The molecule has 0 aliphatic carbocycles. The number of aryl methyl sites for hydroxylation is 2. The number of rotatable bonds is 4. The van der Waals surface area contributed by atoms with Gasteiger partial charge in [0, 0.05) is 17.4 Å². The van der Waals surface area contributed by atoms with E-state index in [1.165, 1.54) is 11.1 Å². The van der Waals surface area contributed by atoms with E-state index in [9.17, 15) is 0 Å². The number of para-hydroxylation sites is 1. The predicted molar refractivity (Wildman–Crippen MR) is 107 cm³/mol. The summed E-state index contributed by atoms with van der Waals surface area (Å²) in [7, 11) is 1.70. The predicted octanol–water partition coefficient (Wildman–Crippen LogP) is 5.12. The summed E-state index contributed by atoms with van der Waals surface area (Å²) in [5, 5.41) is 10.0. The first kappa shape index (κ1) is 16.8. The van der Waals surface area contributed by atoms with Crippen LogP contribution < -0.4 is 9.75 Å². The third-order valence-electron chi connectivity index (χ3n) is 4.56. The van der Waals surface area contributed by atoms with Gasteiger partial charge in [-0.15, -0.1) is 11.3 Å². The Morgan fingerprint density at radius 2 is 1.96 bits per heavy atom. The number of hydrogen-bond donors (Lipinski definition) is 0. The maximum absolute atomic E-state index is 5.55. The van der Waals surface area contributed by atoms with Gasteiger partial charge in [0.25, 0.3) is 0 Å². The molecule has 0 amide bonds. The van der Waals surface area contributed by atoms with Crippen LogP contribution in [0.1, 0.15) is 34.8 Å². The van der Waals surface area contributed by atoms with Crippen molar-refractivity contribution in [1.82, 2.24) is 4.98 Å². The lowest BCUT2D eigenvalue weighted by atomic mass is 9.97. The van der Waals surface area contributed by atoms with E-state index in [4.69, 9.17) is 9.84 Å². The van der Waals surface area contributed by atoms with Gasteiger partial charge >= 0.3 is 0 Å². The molecule has 3 aromatic rings. The van der Waals surface area contributed by atoms with Gasteiger partial charge in [-0.25, -0.2) is 9.99 Å². The SMILES string of the molecule is COc1ccccc1C1=NN(c2nc(C)cs2)C(c2cccc(C)c2)C1. The van der Waals surface area contributed by atoms with Gasteiger partial charge < -0.3 is 4.74 Å². The molecule has 0 radical (unpaired) electrons. The maximum Gasteiger partial charge on any atom is 0.206 e. The lowest BCUT2D eigenvalue weighted by molar-refractivity contribution is 0.414. The molecule has 5 heteroatoms. The van der Waals surface area contributed by atoms with Gasteiger partial charge in [0.15, 0.2) is 0 Å². The summed E-state index contributed by atoms with van der Waals surface area (Å²) >= 11 is 1.63. The molecule has 2 aromatic carbocycles. The largest absolute Gasteiger partial charge is 0.496 e. The smallest absolute Gasteiger partial charge is 0.206 e. The molecule has 1 aliphatic heterocycles. The van der Waals surface area contributed by atoms with Gasteiger partial charge in [0.2, 0.25) is 5.13 Å². The first-order valence-electron chi connectivity index (χ1n) is 8.64. The van der Waals surface area contributed by atoms with Gasteiger partial charge in [-0.1, -0.05) is 42.0 Å². The number of nitrogens with zero attached hydrogens (tertiary/aromatic N) is 3. The molecule has 4 rings (SSSR count). The summed E-state index contributed by atoms with van der Waals surface area (Å²) in [5.74, 6) is 0.853. The molecule has 0 fully saturated rings. The summed E-state index contributed by atoms with van der Waals surface area (Å²) in [6.45, 7) is 4.14. The van der Waals surface area contributed by atoms with Crippen LogP contribution in [0.2, 0.25) is 0 Å². The second kappa shape index (κ2) is 6.92. The molecule has 132 valence electrons. The molecule has 1 aromatic heterocycles. The van der Waals surface area contributed by atoms with Crippen LogP contribution >= 0.6 is 11.3 Å². The average Bonchev–Trinajstić information content (AvgIpc) is 3.28. The zero-order valence-corrected chi connectivity index (χ0v) is 16.0. The number of anilines is 1. The van der Waals surface area contributed by atoms with Crippen molar-refractivity contribution in [3.8, 4) is 5.75 Å². The van der Waals surface area contributed by atoms with Crippen LogP contribution in [-0.4, -0.2) is 17.8 Å². The lowest BCUT2D eigenvalue weighted by Gasteiger charge is -2.21. The lowest BCUT2D eigenvalue weighted by Crippen LogP contribution is -2.18. The third-order valence-corrected chi connectivity index (χ3v) is 5.51. The average molecular weight is 363 g/mol. The van der Waals surface area contributed by atoms with Crippen molar-refractivity contribution in [3.63, 3.8) is 0 Å². The molecule has 0 spiro atoms. The maximum atomic E-state index is 5.55. The molecule has 0 N–H and O–H groups in total. The summed E-state index contributed by atoms with van der Waals surface area (Å²) < 4.78 is 5.55. The Kier molecular flexibility index (Phi) is 4.47. The topological polar surface area (TPSA) is 37.7 Å². The van der Waals surface area contributed by atoms with Crippen LogP contribution in [0.4, 0.5) is 5.13 Å². The summed E-state index contributed by atoms with van der Waals surface area (Å²) in [6.07, 6.45) is 0.822. The van der Waals surface area contributed by atoms with Crippen molar-refractivity contribution in [2.45, 2.75) is 26.3 Å². The zero-order valence-electron chi connectivity index (χ0n) is 15.1. The monoisotopic (exact) mass is 363 g/mol. The molecular weight excluding hydrogens is 342 g/mol. The third kappa shape index (κ3) is 3.10. The number of hydrogen-bond acceptors (Lipinski definition) is 5. The minimum absolute atomic E-state index is 0.139. The molecule has 0 saturated heterocycles. The van der Waals surface area contributed by atoms with Crippen LogP contribution in [0.3, 0.4) is 0 Å². The minimum Gasteiger partial charge on any atom is -0.496 e. The number of hydrazone groups is 1. The van der Waals surface area contributed by atoms with Crippen molar-refractivity contribution in [2.75, 3.05) is 12.1 Å². The Hall–Kier alpha value is -2.66.